The summed E-state index contributed by atoms with van der Waals surface area (Å²) in [6.07, 6.45) is 2.54. The molecule has 0 unspecified atom stereocenters. The van der Waals surface area contributed by atoms with Gasteiger partial charge < -0.3 is 24.3 Å². The van der Waals surface area contributed by atoms with Gasteiger partial charge in [0.25, 0.3) is 5.56 Å². The van der Waals surface area contributed by atoms with E-state index in [1.54, 1.807) is 22.8 Å². The van der Waals surface area contributed by atoms with Crippen LogP contribution in [0.5, 0.6) is 0 Å². The fourth-order valence-corrected chi connectivity index (χ4v) is 4.34. The second-order valence-electron chi connectivity index (χ2n) is 10.3. The van der Waals surface area contributed by atoms with E-state index in [1.165, 1.54) is 6.20 Å². The van der Waals surface area contributed by atoms with E-state index in [9.17, 15) is 14.4 Å². The molecular formula is C28H34N4O5. The molecule has 0 radical (unpaired) electrons. The van der Waals surface area contributed by atoms with Gasteiger partial charge in [-0.05, 0) is 57.4 Å². The summed E-state index contributed by atoms with van der Waals surface area (Å²) in [5.41, 5.74) is 1.77. The quantitative estimate of drug-likeness (QED) is 0.487. The van der Waals surface area contributed by atoms with Crippen LogP contribution in [-0.2, 0) is 22.6 Å². The maximum atomic E-state index is 12.7. The molecule has 2 aromatic carbocycles. The molecule has 1 fully saturated rings. The number of fused-ring (bicyclic) bond motifs is 1. The second-order valence-corrected chi connectivity index (χ2v) is 10.3. The summed E-state index contributed by atoms with van der Waals surface area (Å²) in [7, 11) is 0. The molecule has 2 heterocycles. The monoisotopic (exact) mass is 506 g/mol. The maximum absolute atomic E-state index is 12.7. The van der Waals surface area contributed by atoms with Gasteiger partial charge in [0.2, 0.25) is 0 Å². The van der Waals surface area contributed by atoms with Crippen LogP contribution < -0.4 is 10.9 Å². The summed E-state index contributed by atoms with van der Waals surface area (Å²) >= 11 is 0. The first-order chi connectivity index (χ1) is 17.7. The summed E-state index contributed by atoms with van der Waals surface area (Å²) in [6.45, 7) is 8.44. The van der Waals surface area contributed by atoms with E-state index in [4.69, 9.17) is 9.47 Å². The molecule has 1 amide bonds. The molecule has 1 saturated heterocycles. The fraction of sp³-hybridized carbons (Fsp3) is 0.429. The highest BCUT2D eigenvalue weighted by molar-refractivity contribution is 5.93. The molecule has 37 heavy (non-hydrogen) atoms. The lowest BCUT2D eigenvalue weighted by atomic mass is 10.1. The molecule has 196 valence electrons. The van der Waals surface area contributed by atoms with Crippen molar-refractivity contribution in [3.05, 3.63) is 76.2 Å². The number of likely N-dealkylation sites (tertiary alicyclic amines) is 1. The predicted octanol–water partition coefficient (Wildman–Crippen LogP) is 3.74. The smallest absolute Gasteiger partial charge is 0.407 e. The highest BCUT2D eigenvalue weighted by Gasteiger charge is 2.23. The van der Waals surface area contributed by atoms with Crippen LogP contribution in [0.15, 0.2) is 59.5 Å². The fourth-order valence-electron chi connectivity index (χ4n) is 4.34. The minimum absolute atomic E-state index is 0.0695. The third kappa shape index (κ3) is 7.39. The highest BCUT2D eigenvalue weighted by atomic mass is 16.6. The molecule has 0 aliphatic carbocycles. The topological polar surface area (TPSA) is 103 Å². The SMILES string of the molecule is CC(C)(C)OC(=O)NC1CCN(CCn2c(=O)cnc3ccc(C(=O)OCc4ccccc4)cc32)CC1. The number of benzene rings is 2. The lowest BCUT2D eigenvalue weighted by molar-refractivity contribution is 0.0465. The number of nitrogens with one attached hydrogen (secondary N) is 1. The second kappa shape index (κ2) is 11.6. The number of hydrogen-bond acceptors (Lipinski definition) is 7. The van der Waals surface area contributed by atoms with Crippen LogP contribution in [0.25, 0.3) is 11.0 Å². The van der Waals surface area contributed by atoms with Gasteiger partial charge in [0.1, 0.15) is 12.2 Å². The van der Waals surface area contributed by atoms with Crippen molar-refractivity contribution < 1.29 is 19.1 Å². The van der Waals surface area contributed by atoms with E-state index in [1.807, 2.05) is 51.1 Å². The van der Waals surface area contributed by atoms with Crippen LogP contribution in [0.1, 0.15) is 49.5 Å². The molecule has 4 rings (SSSR count). The Kier molecular flexibility index (Phi) is 8.23. The number of rotatable bonds is 7. The average molecular weight is 507 g/mol. The molecule has 1 aliphatic heterocycles. The maximum Gasteiger partial charge on any atom is 0.407 e. The van der Waals surface area contributed by atoms with E-state index >= 15 is 0 Å². The van der Waals surface area contributed by atoms with Gasteiger partial charge >= 0.3 is 12.1 Å². The van der Waals surface area contributed by atoms with E-state index in [-0.39, 0.29) is 24.3 Å². The summed E-state index contributed by atoms with van der Waals surface area (Å²) in [6, 6.07) is 14.6. The average Bonchev–Trinajstić information content (AvgIpc) is 2.86. The zero-order valence-electron chi connectivity index (χ0n) is 21.6. The van der Waals surface area contributed by atoms with Crippen molar-refractivity contribution in [2.75, 3.05) is 19.6 Å². The Labute approximate surface area is 216 Å². The Morgan fingerprint density at radius 2 is 1.78 bits per heavy atom. The first kappa shape index (κ1) is 26.3. The van der Waals surface area contributed by atoms with E-state index in [2.05, 4.69) is 15.2 Å². The molecule has 9 nitrogen and oxygen atoms in total. The van der Waals surface area contributed by atoms with Gasteiger partial charge in [0.05, 0.1) is 22.8 Å². The molecule has 1 N–H and O–H groups in total. The lowest BCUT2D eigenvalue weighted by Gasteiger charge is -2.33. The van der Waals surface area contributed by atoms with Gasteiger partial charge in [-0.1, -0.05) is 30.3 Å². The number of nitrogens with zero attached hydrogens (tertiary/aromatic N) is 3. The van der Waals surface area contributed by atoms with Crippen LogP contribution in [0.2, 0.25) is 0 Å². The first-order valence-corrected chi connectivity index (χ1v) is 12.6. The van der Waals surface area contributed by atoms with Crippen molar-refractivity contribution in [3.8, 4) is 0 Å². The largest absolute Gasteiger partial charge is 0.457 e. The molecule has 0 atom stereocenters. The number of piperidine rings is 1. The molecule has 9 heteroatoms. The number of hydrogen-bond donors (Lipinski definition) is 1. The summed E-state index contributed by atoms with van der Waals surface area (Å²) in [5.74, 6) is -0.451. The van der Waals surface area contributed by atoms with Gasteiger partial charge in [-0.3, -0.25) is 4.79 Å². The lowest BCUT2D eigenvalue weighted by Crippen LogP contribution is -2.46. The van der Waals surface area contributed by atoms with Crippen molar-refractivity contribution in [1.82, 2.24) is 19.8 Å². The Bertz CT molecular complexity index is 1290. The minimum Gasteiger partial charge on any atom is -0.457 e. The molecule has 0 saturated carbocycles. The minimum atomic E-state index is -0.524. The van der Waals surface area contributed by atoms with Crippen molar-refractivity contribution in [2.45, 2.75) is 58.4 Å². The first-order valence-electron chi connectivity index (χ1n) is 12.6. The molecule has 1 aliphatic rings. The third-order valence-corrected chi connectivity index (χ3v) is 6.24. The van der Waals surface area contributed by atoms with Crippen molar-refractivity contribution in [3.63, 3.8) is 0 Å². The summed E-state index contributed by atoms with van der Waals surface area (Å²) in [4.78, 5) is 43.9. The highest BCUT2D eigenvalue weighted by Crippen LogP contribution is 2.16. The normalized spacial score (nSPS) is 14.9. The van der Waals surface area contributed by atoms with Crippen LogP contribution in [0.4, 0.5) is 4.79 Å². The van der Waals surface area contributed by atoms with Gasteiger partial charge in [0.15, 0.2) is 0 Å². The number of carbonyl (C=O) groups is 2. The predicted molar refractivity (Wildman–Crippen MR) is 140 cm³/mol. The number of esters is 1. The van der Waals surface area contributed by atoms with E-state index in [0.29, 0.717) is 29.7 Å². The molecule has 0 bridgehead atoms. The van der Waals surface area contributed by atoms with Crippen molar-refractivity contribution in [1.29, 1.82) is 0 Å². The molecule has 0 spiro atoms. The standard InChI is InChI=1S/C28H34N4O5/c1-28(2,3)37-27(35)30-22-11-13-31(14-12-22)15-16-32-24-17-21(9-10-23(24)29-18-25(32)33)26(34)36-19-20-7-5-4-6-8-20/h4-10,17-18,22H,11-16,19H2,1-3H3,(H,30,35). The number of alkyl carbamates (subject to hydrolysis) is 1. The Morgan fingerprint density at radius 3 is 2.49 bits per heavy atom. The van der Waals surface area contributed by atoms with Gasteiger partial charge in [-0.15, -0.1) is 0 Å². The number of ether oxygens (including phenoxy) is 2. The van der Waals surface area contributed by atoms with Crippen molar-refractivity contribution >= 4 is 23.1 Å². The Balaban J connectivity index is 1.36. The van der Waals surface area contributed by atoms with E-state index in [0.717, 1.165) is 31.5 Å². The Morgan fingerprint density at radius 1 is 1.05 bits per heavy atom. The number of aromatic nitrogens is 2. The zero-order chi connectivity index (χ0) is 26.4. The molecular weight excluding hydrogens is 472 g/mol. The van der Waals surface area contributed by atoms with E-state index < -0.39 is 11.6 Å². The van der Waals surface area contributed by atoms with Gasteiger partial charge in [-0.2, -0.15) is 0 Å². The number of carbonyl (C=O) groups excluding carboxylic acids is 2. The van der Waals surface area contributed by atoms with Gasteiger partial charge in [-0.25, -0.2) is 14.6 Å². The Hall–Kier alpha value is -3.72. The third-order valence-electron chi connectivity index (χ3n) is 6.24. The number of amides is 1. The summed E-state index contributed by atoms with van der Waals surface area (Å²) in [5, 5.41) is 2.95. The molecule has 3 aromatic rings. The molecule has 1 aromatic heterocycles. The zero-order valence-corrected chi connectivity index (χ0v) is 21.6. The van der Waals surface area contributed by atoms with Crippen LogP contribution in [-0.4, -0.2) is 57.8 Å². The van der Waals surface area contributed by atoms with Gasteiger partial charge in [0, 0.05) is 32.2 Å². The summed E-state index contributed by atoms with van der Waals surface area (Å²) < 4.78 is 12.5. The van der Waals surface area contributed by atoms with Crippen LogP contribution >= 0.6 is 0 Å². The van der Waals surface area contributed by atoms with Crippen LogP contribution in [0.3, 0.4) is 0 Å². The van der Waals surface area contributed by atoms with Crippen LogP contribution in [0, 0.1) is 0 Å². The van der Waals surface area contributed by atoms with Crippen molar-refractivity contribution in [2.24, 2.45) is 0 Å².